The molecule has 0 aliphatic carbocycles. The fraction of sp³-hybridized carbons (Fsp3) is 0.294. The molecular formula is C17H19N. The number of rotatable bonds is 1. The van der Waals surface area contributed by atoms with E-state index in [1.165, 1.54) is 16.7 Å². The predicted octanol–water partition coefficient (Wildman–Crippen LogP) is 3.87. The molecule has 1 heterocycles. The van der Waals surface area contributed by atoms with Crippen molar-refractivity contribution in [2.75, 3.05) is 0 Å². The van der Waals surface area contributed by atoms with Crippen LogP contribution in [0.5, 0.6) is 0 Å². The van der Waals surface area contributed by atoms with Crippen molar-refractivity contribution in [1.29, 1.82) is 0 Å². The standard InChI is InChI=1S/C17H19N/c1-12-15-10-6-7-11-16(15)17(13(2)18-12)14-8-4-3-5-9-14/h3-13,17-18H,1-2H3/t12-,13-,17+/m1/s1. The molecule has 0 radical (unpaired) electrons. The van der Waals surface area contributed by atoms with Crippen LogP contribution in [0.3, 0.4) is 0 Å². The lowest BCUT2D eigenvalue weighted by atomic mass is 9.78. The molecule has 92 valence electrons. The highest BCUT2D eigenvalue weighted by molar-refractivity contribution is 5.43. The van der Waals surface area contributed by atoms with Crippen molar-refractivity contribution in [2.24, 2.45) is 0 Å². The number of fused-ring (bicyclic) bond motifs is 1. The molecule has 1 heteroatoms. The van der Waals surface area contributed by atoms with Crippen LogP contribution in [0.2, 0.25) is 0 Å². The van der Waals surface area contributed by atoms with Gasteiger partial charge in [0, 0.05) is 18.0 Å². The SMILES string of the molecule is C[C@H]1N[C@H](C)[C@@H](c2ccccc2)c2ccccc21. The highest BCUT2D eigenvalue weighted by Crippen LogP contribution is 2.37. The van der Waals surface area contributed by atoms with Crippen LogP contribution in [0.1, 0.15) is 42.5 Å². The minimum Gasteiger partial charge on any atom is -0.307 e. The third-order valence-electron chi connectivity index (χ3n) is 3.97. The zero-order valence-corrected chi connectivity index (χ0v) is 10.9. The molecule has 3 atom stereocenters. The Bertz CT molecular complexity index is 532. The minimum absolute atomic E-state index is 0.441. The first kappa shape index (κ1) is 11.5. The molecule has 2 aromatic carbocycles. The van der Waals surface area contributed by atoms with Gasteiger partial charge in [-0.2, -0.15) is 0 Å². The summed E-state index contributed by atoms with van der Waals surface area (Å²) in [5.41, 5.74) is 4.31. The molecule has 0 spiro atoms. The van der Waals surface area contributed by atoms with Crippen molar-refractivity contribution in [2.45, 2.75) is 31.8 Å². The number of benzene rings is 2. The van der Waals surface area contributed by atoms with Crippen LogP contribution in [-0.2, 0) is 0 Å². The van der Waals surface area contributed by atoms with Crippen LogP contribution < -0.4 is 5.32 Å². The Balaban J connectivity index is 2.12. The summed E-state index contributed by atoms with van der Waals surface area (Å²) in [5, 5.41) is 3.68. The Morgan fingerprint density at radius 3 is 2.11 bits per heavy atom. The molecule has 0 saturated heterocycles. The van der Waals surface area contributed by atoms with Crippen molar-refractivity contribution in [3.63, 3.8) is 0 Å². The lowest BCUT2D eigenvalue weighted by Gasteiger charge is -2.36. The van der Waals surface area contributed by atoms with E-state index in [1.807, 2.05) is 0 Å². The van der Waals surface area contributed by atoms with E-state index in [4.69, 9.17) is 0 Å². The molecule has 18 heavy (non-hydrogen) atoms. The van der Waals surface area contributed by atoms with Gasteiger partial charge in [0.2, 0.25) is 0 Å². The van der Waals surface area contributed by atoms with Gasteiger partial charge < -0.3 is 5.32 Å². The Hall–Kier alpha value is -1.60. The largest absolute Gasteiger partial charge is 0.307 e. The maximum Gasteiger partial charge on any atom is 0.0297 e. The first-order valence-corrected chi connectivity index (χ1v) is 6.67. The van der Waals surface area contributed by atoms with E-state index in [2.05, 4.69) is 73.8 Å². The van der Waals surface area contributed by atoms with E-state index in [-0.39, 0.29) is 0 Å². The summed E-state index contributed by atoms with van der Waals surface area (Å²) >= 11 is 0. The van der Waals surface area contributed by atoms with Gasteiger partial charge in [-0.25, -0.2) is 0 Å². The summed E-state index contributed by atoms with van der Waals surface area (Å²) in [4.78, 5) is 0. The van der Waals surface area contributed by atoms with E-state index in [0.29, 0.717) is 18.0 Å². The molecule has 0 unspecified atom stereocenters. The fourth-order valence-electron chi connectivity index (χ4n) is 3.17. The third-order valence-corrected chi connectivity index (χ3v) is 3.97. The van der Waals surface area contributed by atoms with Gasteiger partial charge in [-0.1, -0.05) is 54.6 Å². The van der Waals surface area contributed by atoms with Crippen molar-refractivity contribution in [3.05, 3.63) is 71.3 Å². The smallest absolute Gasteiger partial charge is 0.0297 e. The molecule has 1 aliphatic heterocycles. The maximum absolute atomic E-state index is 3.68. The quantitative estimate of drug-likeness (QED) is 0.794. The molecule has 1 nitrogen and oxygen atoms in total. The Morgan fingerprint density at radius 1 is 0.778 bits per heavy atom. The summed E-state index contributed by atoms with van der Waals surface area (Å²) < 4.78 is 0. The molecule has 3 rings (SSSR count). The summed E-state index contributed by atoms with van der Waals surface area (Å²) in [7, 11) is 0. The van der Waals surface area contributed by atoms with E-state index in [0.717, 1.165) is 0 Å². The Kier molecular flexibility index (Phi) is 2.92. The summed E-state index contributed by atoms with van der Waals surface area (Å²) in [6.45, 7) is 4.53. The lowest BCUT2D eigenvalue weighted by Crippen LogP contribution is -2.39. The average Bonchev–Trinajstić information content (AvgIpc) is 2.40. The molecule has 0 bridgehead atoms. The highest BCUT2D eigenvalue weighted by atomic mass is 15.0. The molecule has 0 amide bonds. The van der Waals surface area contributed by atoms with Gasteiger partial charge in [0.25, 0.3) is 0 Å². The molecule has 0 saturated carbocycles. The van der Waals surface area contributed by atoms with Crippen LogP contribution in [0.15, 0.2) is 54.6 Å². The number of nitrogens with one attached hydrogen (secondary N) is 1. The van der Waals surface area contributed by atoms with Crippen molar-refractivity contribution in [1.82, 2.24) is 5.32 Å². The fourth-order valence-corrected chi connectivity index (χ4v) is 3.17. The van der Waals surface area contributed by atoms with Crippen molar-refractivity contribution in [3.8, 4) is 0 Å². The molecule has 2 aromatic rings. The van der Waals surface area contributed by atoms with E-state index >= 15 is 0 Å². The summed E-state index contributed by atoms with van der Waals surface area (Å²) in [5.74, 6) is 0.457. The van der Waals surface area contributed by atoms with E-state index < -0.39 is 0 Å². The zero-order chi connectivity index (χ0) is 12.5. The second-order valence-electron chi connectivity index (χ2n) is 5.19. The van der Waals surface area contributed by atoms with Gasteiger partial charge >= 0.3 is 0 Å². The van der Waals surface area contributed by atoms with Crippen molar-refractivity contribution >= 4 is 0 Å². The molecule has 1 N–H and O–H groups in total. The normalized spacial score (nSPS) is 26.7. The maximum atomic E-state index is 3.68. The Labute approximate surface area is 109 Å². The second kappa shape index (κ2) is 4.58. The van der Waals surface area contributed by atoms with Crippen LogP contribution >= 0.6 is 0 Å². The highest BCUT2D eigenvalue weighted by Gasteiger charge is 2.30. The topological polar surface area (TPSA) is 12.0 Å². The van der Waals surface area contributed by atoms with Gasteiger partial charge in [0.1, 0.15) is 0 Å². The zero-order valence-electron chi connectivity index (χ0n) is 10.9. The summed E-state index contributed by atoms with van der Waals surface area (Å²) in [6.07, 6.45) is 0. The first-order chi connectivity index (χ1) is 8.77. The molecule has 1 aliphatic rings. The monoisotopic (exact) mass is 237 g/mol. The molecule has 0 aromatic heterocycles. The second-order valence-corrected chi connectivity index (χ2v) is 5.19. The van der Waals surface area contributed by atoms with E-state index in [1.54, 1.807) is 0 Å². The first-order valence-electron chi connectivity index (χ1n) is 6.67. The lowest BCUT2D eigenvalue weighted by molar-refractivity contribution is 0.411. The van der Waals surface area contributed by atoms with Crippen LogP contribution in [0, 0.1) is 0 Å². The van der Waals surface area contributed by atoms with Crippen LogP contribution in [0.4, 0.5) is 0 Å². The molecule has 0 fully saturated rings. The average molecular weight is 237 g/mol. The number of hydrogen-bond donors (Lipinski definition) is 1. The van der Waals surface area contributed by atoms with Crippen LogP contribution in [-0.4, -0.2) is 6.04 Å². The minimum atomic E-state index is 0.441. The van der Waals surface area contributed by atoms with Gasteiger partial charge in [-0.3, -0.25) is 0 Å². The molecular weight excluding hydrogens is 218 g/mol. The van der Waals surface area contributed by atoms with Gasteiger partial charge in [-0.15, -0.1) is 0 Å². The van der Waals surface area contributed by atoms with E-state index in [9.17, 15) is 0 Å². The van der Waals surface area contributed by atoms with Crippen LogP contribution in [0.25, 0.3) is 0 Å². The van der Waals surface area contributed by atoms with Gasteiger partial charge in [0.15, 0.2) is 0 Å². The summed E-state index contributed by atoms with van der Waals surface area (Å²) in [6, 6.07) is 20.5. The third kappa shape index (κ3) is 1.85. The van der Waals surface area contributed by atoms with Crippen molar-refractivity contribution < 1.29 is 0 Å². The predicted molar refractivity (Wildman–Crippen MR) is 75.7 cm³/mol. The van der Waals surface area contributed by atoms with Gasteiger partial charge in [-0.05, 0) is 30.5 Å². The van der Waals surface area contributed by atoms with Gasteiger partial charge in [0.05, 0.1) is 0 Å². The number of hydrogen-bond acceptors (Lipinski definition) is 1. The Morgan fingerprint density at radius 2 is 1.39 bits per heavy atom.